The molecule has 0 amide bonds. The van der Waals surface area contributed by atoms with Crippen molar-refractivity contribution in [2.75, 3.05) is 6.54 Å². The van der Waals surface area contributed by atoms with Gasteiger partial charge in [-0.2, -0.15) is 0 Å². The summed E-state index contributed by atoms with van der Waals surface area (Å²) in [6.07, 6.45) is 0. The molecule has 146 valence electrons. The summed E-state index contributed by atoms with van der Waals surface area (Å²) in [5.74, 6) is 0. The van der Waals surface area contributed by atoms with Crippen LogP contribution in [0.2, 0.25) is 0 Å². The van der Waals surface area contributed by atoms with Gasteiger partial charge < -0.3 is 0 Å². The van der Waals surface area contributed by atoms with Gasteiger partial charge in [0.1, 0.15) is 0 Å². The quantitative estimate of drug-likeness (QED) is 0.528. The van der Waals surface area contributed by atoms with E-state index in [4.69, 9.17) is 0 Å². The van der Waals surface area contributed by atoms with E-state index in [2.05, 4.69) is 60.2 Å². The Balaban J connectivity index is 1.81. The van der Waals surface area contributed by atoms with Crippen LogP contribution >= 0.6 is 11.8 Å². The van der Waals surface area contributed by atoms with E-state index in [1.807, 2.05) is 26.0 Å². The van der Waals surface area contributed by atoms with Crippen LogP contribution in [-0.4, -0.2) is 15.0 Å². The first kappa shape index (κ1) is 20.6. The summed E-state index contributed by atoms with van der Waals surface area (Å²) in [4.78, 5) is 1.41. The van der Waals surface area contributed by atoms with E-state index in [1.54, 1.807) is 23.9 Å². The second-order valence-corrected chi connectivity index (χ2v) is 10.0. The van der Waals surface area contributed by atoms with Crippen molar-refractivity contribution < 1.29 is 8.42 Å². The molecule has 1 unspecified atom stereocenters. The molecule has 0 aliphatic heterocycles. The monoisotopic (exact) mass is 411 g/mol. The zero-order valence-electron chi connectivity index (χ0n) is 16.3. The molecule has 0 saturated heterocycles. The molecule has 0 heterocycles. The summed E-state index contributed by atoms with van der Waals surface area (Å²) in [6, 6.07) is 23.5. The zero-order valence-corrected chi connectivity index (χ0v) is 18.0. The van der Waals surface area contributed by atoms with Crippen molar-refractivity contribution in [3.8, 4) is 0 Å². The third kappa shape index (κ3) is 5.47. The predicted molar refractivity (Wildman–Crippen MR) is 117 cm³/mol. The summed E-state index contributed by atoms with van der Waals surface area (Å²) in [5.41, 5.74) is 4.52. The van der Waals surface area contributed by atoms with E-state index in [0.29, 0.717) is 11.4 Å². The lowest BCUT2D eigenvalue weighted by atomic mass is 10.1. The highest BCUT2D eigenvalue weighted by Gasteiger charge is 2.19. The van der Waals surface area contributed by atoms with Gasteiger partial charge in [-0.05, 0) is 50.6 Å². The van der Waals surface area contributed by atoms with E-state index in [9.17, 15) is 8.42 Å². The van der Waals surface area contributed by atoms with Crippen LogP contribution in [0.3, 0.4) is 0 Å². The molecule has 0 aromatic heterocycles. The van der Waals surface area contributed by atoms with E-state index in [-0.39, 0.29) is 5.25 Å². The molecule has 1 N–H and O–H groups in total. The average Bonchev–Trinajstić information content (AvgIpc) is 2.68. The maximum absolute atomic E-state index is 12.7. The van der Waals surface area contributed by atoms with Crippen LogP contribution in [0.4, 0.5) is 0 Å². The van der Waals surface area contributed by atoms with Gasteiger partial charge in [-0.3, -0.25) is 0 Å². The molecule has 0 aliphatic carbocycles. The molecule has 0 saturated carbocycles. The summed E-state index contributed by atoms with van der Waals surface area (Å²) in [5, 5.41) is -0.0245. The maximum atomic E-state index is 12.7. The summed E-state index contributed by atoms with van der Waals surface area (Å²) >= 11 is 1.67. The second-order valence-electron chi connectivity index (χ2n) is 7.00. The highest BCUT2D eigenvalue weighted by Crippen LogP contribution is 2.35. The zero-order chi connectivity index (χ0) is 20.1. The fraction of sp³-hybridized carbons (Fsp3) is 0.217. The minimum Gasteiger partial charge on any atom is -0.210 e. The van der Waals surface area contributed by atoms with Crippen LogP contribution < -0.4 is 4.72 Å². The Bertz CT molecular complexity index is 1010. The van der Waals surface area contributed by atoms with Gasteiger partial charge >= 0.3 is 0 Å². The molecule has 3 aromatic carbocycles. The number of benzene rings is 3. The first-order valence-corrected chi connectivity index (χ1v) is 11.6. The minimum atomic E-state index is -3.55. The summed E-state index contributed by atoms with van der Waals surface area (Å²) in [6.45, 7) is 6.36. The number of sulfonamides is 1. The lowest BCUT2D eigenvalue weighted by molar-refractivity contribution is 0.581. The highest BCUT2D eigenvalue weighted by atomic mass is 32.2. The molecule has 0 aliphatic rings. The van der Waals surface area contributed by atoms with E-state index in [1.165, 1.54) is 11.1 Å². The number of thioether (sulfide) groups is 1. The van der Waals surface area contributed by atoms with Crippen LogP contribution in [0, 0.1) is 20.8 Å². The van der Waals surface area contributed by atoms with Gasteiger partial charge in [0.2, 0.25) is 10.0 Å². The van der Waals surface area contributed by atoms with E-state index in [0.717, 1.165) is 16.0 Å². The first-order valence-electron chi connectivity index (χ1n) is 9.20. The van der Waals surface area contributed by atoms with Crippen LogP contribution in [0.5, 0.6) is 0 Å². The highest BCUT2D eigenvalue weighted by molar-refractivity contribution is 7.99. The molecule has 3 aromatic rings. The standard InChI is InChI=1S/C23H25NO2S2/c1-17-4-10-20(11-5-17)23(27-21-12-6-18(2)7-13-21)16-24-28(25,26)22-14-8-19(3)9-15-22/h4-15,23-24H,16H2,1-3H3. The van der Waals surface area contributed by atoms with Gasteiger partial charge in [0, 0.05) is 16.7 Å². The van der Waals surface area contributed by atoms with Crippen molar-refractivity contribution in [2.45, 2.75) is 35.8 Å². The number of aryl methyl sites for hydroxylation is 3. The fourth-order valence-electron chi connectivity index (χ4n) is 2.78. The van der Waals surface area contributed by atoms with E-state index >= 15 is 0 Å². The fourth-order valence-corrected chi connectivity index (χ4v) is 5.01. The van der Waals surface area contributed by atoms with Crippen LogP contribution in [0.15, 0.2) is 82.6 Å². The van der Waals surface area contributed by atoms with Gasteiger partial charge in [-0.25, -0.2) is 13.1 Å². The number of rotatable bonds is 7. The van der Waals surface area contributed by atoms with Crippen molar-refractivity contribution in [1.29, 1.82) is 0 Å². The van der Waals surface area contributed by atoms with Crippen LogP contribution in [-0.2, 0) is 10.0 Å². The maximum Gasteiger partial charge on any atom is 0.240 e. The van der Waals surface area contributed by atoms with E-state index < -0.39 is 10.0 Å². The largest absolute Gasteiger partial charge is 0.240 e. The normalized spacial score (nSPS) is 12.7. The lowest BCUT2D eigenvalue weighted by Gasteiger charge is -2.18. The molecular formula is C23H25NO2S2. The Hall–Kier alpha value is -2.08. The smallest absolute Gasteiger partial charge is 0.210 e. The number of nitrogens with one attached hydrogen (secondary N) is 1. The molecule has 0 radical (unpaired) electrons. The van der Waals surface area contributed by atoms with Crippen molar-refractivity contribution >= 4 is 21.8 Å². The molecule has 28 heavy (non-hydrogen) atoms. The summed E-state index contributed by atoms with van der Waals surface area (Å²) in [7, 11) is -3.55. The first-order chi connectivity index (χ1) is 13.3. The Morgan fingerprint density at radius 1 is 0.750 bits per heavy atom. The Labute approximate surface area is 172 Å². The molecule has 3 rings (SSSR count). The molecule has 0 spiro atoms. The third-order valence-electron chi connectivity index (χ3n) is 4.54. The topological polar surface area (TPSA) is 46.2 Å². The number of hydrogen-bond acceptors (Lipinski definition) is 3. The molecule has 5 heteroatoms. The van der Waals surface area contributed by atoms with Crippen molar-refractivity contribution in [3.63, 3.8) is 0 Å². The summed E-state index contributed by atoms with van der Waals surface area (Å²) < 4.78 is 28.2. The second kappa shape index (κ2) is 8.95. The third-order valence-corrected chi connectivity index (χ3v) is 7.25. The average molecular weight is 412 g/mol. The van der Waals surface area contributed by atoms with Crippen molar-refractivity contribution in [1.82, 2.24) is 4.72 Å². The Morgan fingerprint density at radius 3 is 1.75 bits per heavy atom. The van der Waals surface area contributed by atoms with Crippen molar-refractivity contribution in [3.05, 3.63) is 95.1 Å². The number of hydrogen-bond donors (Lipinski definition) is 1. The van der Waals surface area contributed by atoms with Gasteiger partial charge in [0.05, 0.1) is 4.90 Å². The Morgan fingerprint density at radius 2 is 1.21 bits per heavy atom. The molecule has 0 fully saturated rings. The van der Waals surface area contributed by atoms with Gasteiger partial charge in [0.25, 0.3) is 0 Å². The molecule has 0 bridgehead atoms. The van der Waals surface area contributed by atoms with Crippen LogP contribution in [0.1, 0.15) is 27.5 Å². The molecule has 1 atom stereocenters. The van der Waals surface area contributed by atoms with Gasteiger partial charge in [0.15, 0.2) is 0 Å². The van der Waals surface area contributed by atoms with Gasteiger partial charge in [-0.1, -0.05) is 65.2 Å². The minimum absolute atomic E-state index is 0.0245. The SMILES string of the molecule is Cc1ccc(SC(CNS(=O)(=O)c2ccc(C)cc2)c2ccc(C)cc2)cc1. The van der Waals surface area contributed by atoms with Gasteiger partial charge in [-0.15, -0.1) is 11.8 Å². The van der Waals surface area contributed by atoms with Crippen molar-refractivity contribution in [2.24, 2.45) is 0 Å². The molecule has 3 nitrogen and oxygen atoms in total. The van der Waals surface area contributed by atoms with Crippen LogP contribution in [0.25, 0.3) is 0 Å². The predicted octanol–water partition coefficient (Wildman–Crippen LogP) is 5.42. The lowest BCUT2D eigenvalue weighted by Crippen LogP contribution is -2.27. The Kier molecular flexibility index (Phi) is 6.60. The molecular weight excluding hydrogens is 386 g/mol.